The van der Waals surface area contributed by atoms with Gasteiger partial charge in [-0.25, -0.2) is 4.39 Å². The van der Waals surface area contributed by atoms with Crippen LogP contribution >= 0.6 is 0 Å². The summed E-state index contributed by atoms with van der Waals surface area (Å²) in [5.41, 5.74) is 0.983. The van der Waals surface area contributed by atoms with E-state index in [1.165, 1.54) is 6.07 Å². The summed E-state index contributed by atoms with van der Waals surface area (Å²) >= 11 is 0. The molecule has 1 unspecified atom stereocenters. The number of nitrogens with one attached hydrogen (secondary N) is 2. The second-order valence-corrected chi connectivity index (χ2v) is 6.72. The lowest BCUT2D eigenvalue weighted by Crippen LogP contribution is -2.52. The number of rotatable bonds is 7. The SMILES string of the molecule is CN=C(NCCc1cccc(F)c1)NCC(C(C)C)N1CCOCC1. The van der Waals surface area contributed by atoms with Crippen LogP contribution in [0.3, 0.4) is 0 Å². The molecular formula is C19H31FN4O. The minimum Gasteiger partial charge on any atom is -0.379 e. The van der Waals surface area contributed by atoms with Gasteiger partial charge >= 0.3 is 0 Å². The molecule has 0 saturated carbocycles. The molecule has 1 aliphatic rings. The van der Waals surface area contributed by atoms with Crippen molar-refractivity contribution in [3.63, 3.8) is 0 Å². The highest BCUT2D eigenvalue weighted by Gasteiger charge is 2.23. The fraction of sp³-hybridized carbons (Fsp3) is 0.632. The minimum atomic E-state index is -0.190. The van der Waals surface area contributed by atoms with E-state index in [-0.39, 0.29) is 5.82 Å². The summed E-state index contributed by atoms with van der Waals surface area (Å²) in [7, 11) is 1.77. The minimum absolute atomic E-state index is 0.190. The van der Waals surface area contributed by atoms with E-state index < -0.39 is 0 Å². The van der Waals surface area contributed by atoms with Crippen LogP contribution in [0.25, 0.3) is 0 Å². The zero-order chi connectivity index (χ0) is 18.1. The molecule has 0 aliphatic carbocycles. The van der Waals surface area contributed by atoms with Crippen molar-refractivity contribution < 1.29 is 9.13 Å². The number of benzene rings is 1. The van der Waals surface area contributed by atoms with Crippen molar-refractivity contribution in [3.05, 3.63) is 35.6 Å². The van der Waals surface area contributed by atoms with Gasteiger partial charge in [-0.15, -0.1) is 0 Å². The molecule has 0 bridgehead atoms. The summed E-state index contributed by atoms with van der Waals surface area (Å²) in [6.07, 6.45) is 0.759. The lowest BCUT2D eigenvalue weighted by Gasteiger charge is -2.37. The Kier molecular flexibility index (Phi) is 8.15. The number of guanidine groups is 1. The van der Waals surface area contributed by atoms with Crippen LogP contribution in [0.2, 0.25) is 0 Å². The van der Waals surface area contributed by atoms with E-state index in [4.69, 9.17) is 4.74 Å². The maximum atomic E-state index is 13.2. The highest BCUT2D eigenvalue weighted by Crippen LogP contribution is 2.12. The van der Waals surface area contributed by atoms with Crippen LogP contribution in [0.15, 0.2) is 29.3 Å². The number of aliphatic imine (C=N–C) groups is 1. The number of nitrogens with zero attached hydrogens (tertiary/aromatic N) is 2. The van der Waals surface area contributed by atoms with Crippen molar-refractivity contribution in [2.75, 3.05) is 46.4 Å². The van der Waals surface area contributed by atoms with Crippen molar-refractivity contribution >= 4 is 5.96 Å². The Balaban J connectivity index is 1.78. The molecular weight excluding hydrogens is 319 g/mol. The molecule has 2 N–H and O–H groups in total. The zero-order valence-electron chi connectivity index (χ0n) is 15.6. The molecule has 5 nitrogen and oxygen atoms in total. The van der Waals surface area contributed by atoms with Gasteiger partial charge in [0.15, 0.2) is 5.96 Å². The van der Waals surface area contributed by atoms with Crippen LogP contribution in [0, 0.1) is 11.7 Å². The smallest absolute Gasteiger partial charge is 0.191 e. The molecule has 0 spiro atoms. The predicted octanol–water partition coefficient (Wildman–Crippen LogP) is 1.89. The number of halogens is 1. The molecule has 1 saturated heterocycles. The summed E-state index contributed by atoms with van der Waals surface area (Å²) in [6, 6.07) is 7.17. The first-order valence-electron chi connectivity index (χ1n) is 9.11. The predicted molar refractivity (Wildman–Crippen MR) is 100 cm³/mol. The Hall–Kier alpha value is -1.66. The van der Waals surface area contributed by atoms with E-state index in [0.29, 0.717) is 18.5 Å². The van der Waals surface area contributed by atoms with Crippen molar-refractivity contribution in [3.8, 4) is 0 Å². The standard InChI is InChI=1S/C19H31FN4O/c1-15(2)18(24-9-11-25-12-10-24)14-23-19(21-3)22-8-7-16-5-4-6-17(20)13-16/h4-6,13,15,18H,7-12,14H2,1-3H3,(H2,21,22,23). The third-order valence-electron chi connectivity index (χ3n) is 4.58. The van der Waals surface area contributed by atoms with E-state index >= 15 is 0 Å². The molecule has 1 aromatic carbocycles. The lowest BCUT2D eigenvalue weighted by atomic mass is 10.0. The first-order chi connectivity index (χ1) is 12.1. The number of hydrogen-bond acceptors (Lipinski definition) is 3. The quantitative estimate of drug-likeness (QED) is 0.582. The molecule has 1 aromatic rings. The van der Waals surface area contributed by atoms with E-state index in [1.807, 2.05) is 6.07 Å². The van der Waals surface area contributed by atoms with Crippen LogP contribution in [-0.4, -0.2) is 63.3 Å². The van der Waals surface area contributed by atoms with Gasteiger partial charge in [0.2, 0.25) is 0 Å². The van der Waals surface area contributed by atoms with E-state index in [9.17, 15) is 4.39 Å². The Morgan fingerprint density at radius 1 is 1.28 bits per heavy atom. The Morgan fingerprint density at radius 2 is 2.04 bits per heavy atom. The summed E-state index contributed by atoms with van der Waals surface area (Å²) in [6.45, 7) is 9.65. The molecule has 1 atom stereocenters. The normalized spacial score (nSPS) is 17.6. The molecule has 6 heteroatoms. The Labute approximate surface area is 150 Å². The fourth-order valence-electron chi connectivity index (χ4n) is 3.14. The second kappa shape index (κ2) is 10.4. The molecule has 1 heterocycles. The fourth-order valence-corrected chi connectivity index (χ4v) is 3.14. The largest absolute Gasteiger partial charge is 0.379 e. The average molecular weight is 350 g/mol. The summed E-state index contributed by atoms with van der Waals surface area (Å²) in [4.78, 5) is 6.78. The first-order valence-corrected chi connectivity index (χ1v) is 9.11. The Bertz CT molecular complexity index is 544. The molecule has 0 amide bonds. The molecule has 1 aliphatic heterocycles. The third-order valence-corrected chi connectivity index (χ3v) is 4.58. The van der Waals surface area contributed by atoms with Gasteiger partial charge in [0.25, 0.3) is 0 Å². The van der Waals surface area contributed by atoms with Crippen LogP contribution in [-0.2, 0) is 11.2 Å². The summed E-state index contributed by atoms with van der Waals surface area (Å²) in [5, 5.41) is 6.74. The van der Waals surface area contributed by atoms with Gasteiger partial charge in [0, 0.05) is 39.3 Å². The van der Waals surface area contributed by atoms with E-state index in [2.05, 4.69) is 34.4 Å². The van der Waals surface area contributed by atoms with Crippen LogP contribution in [0.5, 0.6) is 0 Å². The van der Waals surface area contributed by atoms with Crippen molar-refractivity contribution in [1.29, 1.82) is 0 Å². The van der Waals surface area contributed by atoms with Crippen LogP contribution < -0.4 is 10.6 Å². The second-order valence-electron chi connectivity index (χ2n) is 6.72. The summed E-state index contributed by atoms with van der Waals surface area (Å²) < 4.78 is 18.7. The highest BCUT2D eigenvalue weighted by atomic mass is 19.1. The monoisotopic (exact) mass is 350 g/mol. The maximum absolute atomic E-state index is 13.2. The topological polar surface area (TPSA) is 48.9 Å². The van der Waals surface area contributed by atoms with E-state index in [1.54, 1.807) is 19.2 Å². The Morgan fingerprint density at radius 3 is 2.68 bits per heavy atom. The maximum Gasteiger partial charge on any atom is 0.191 e. The van der Waals surface area contributed by atoms with Crippen LogP contribution in [0.1, 0.15) is 19.4 Å². The van der Waals surface area contributed by atoms with Gasteiger partial charge in [-0.3, -0.25) is 9.89 Å². The van der Waals surface area contributed by atoms with Gasteiger partial charge in [0.05, 0.1) is 13.2 Å². The summed E-state index contributed by atoms with van der Waals surface area (Å²) in [5.74, 6) is 1.15. The van der Waals surface area contributed by atoms with Gasteiger partial charge < -0.3 is 15.4 Å². The van der Waals surface area contributed by atoms with Crippen molar-refractivity contribution in [1.82, 2.24) is 15.5 Å². The molecule has 1 fully saturated rings. The van der Waals surface area contributed by atoms with Crippen molar-refractivity contribution in [2.45, 2.75) is 26.3 Å². The number of morpholine rings is 1. The van der Waals surface area contributed by atoms with E-state index in [0.717, 1.165) is 50.8 Å². The average Bonchev–Trinajstić information content (AvgIpc) is 2.61. The van der Waals surface area contributed by atoms with Gasteiger partial charge in [-0.05, 0) is 30.0 Å². The lowest BCUT2D eigenvalue weighted by molar-refractivity contribution is 0.00752. The van der Waals surface area contributed by atoms with Gasteiger partial charge in [0.1, 0.15) is 5.82 Å². The molecule has 0 radical (unpaired) electrons. The number of ether oxygens (including phenoxy) is 1. The number of hydrogen-bond donors (Lipinski definition) is 2. The van der Waals surface area contributed by atoms with Gasteiger partial charge in [-0.1, -0.05) is 26.0 Å². The first kappa shape index (κ1) is 19.7. The van der Waals surface area contributed by atoms with Crippen LogP contribution in [0.4, 0.5) is 4.39 Å². The molecule has 2 rings (SSSR count). The molecule has 0 aromatic heterocycles. The molecule has 140 valence electrons. The zero-order valence-corrected chi connectivity index (χ0v) is 15.6. The van der Waals surface area contributed by atoms with Gasteiger partial charge in [-0.2, -0.15) is 0 Å². The molecule has 25 heavy (non-hydrogen) atoms. The highest BCUT2D eigenvalue weighted by molar-refractivity contribution is 5.79. The van der Waals surface area contributed by atoms with Crippen molar-refractivity contribution in [2.24, 2.45) is 10.9 Å². The third kappa shape index (κ3) is 6.63.